The molecule has 1 heterocycles. The predicted octanol–water partition coefficient (Wildman–Crippen LogP) is 5.99. The molecule has 0 saturated carbocycles. The van der Waals surface area contributed by atoms with Crippen molar-refractivity contribution in [3.8, 4) is 5.75 Å². The molecule has 7 nitrogen and oxygen atoms in total. The molecule has 2 N–H and O–H groups in total. The topological polar surface area (TPSA) is 88.1 Å². The summed E-state index contributed by atoms with van der Waals surface area (Å²) in [5.74, 6) is -0.308. The smallest absolute Gasteiger partial charge is 0.411 e. The van der Waals surface area contributed by atoms with Crippen molar-refractivity contribution < 1.29 is 24.2 Å². The zero-order valence-electron chi connectivity index (χ0n) is 23.3. The van der Waals surface area contributed by atoms with Gasteiger partial charge in [-0.15, -0.1) is 0 Å². The Bertz CT molecular complexity index is 1080. The minimum absolute atomic E-state index is 0.351. The highest BCUT2D eigenvalue weighted by molar-refractivity contribution is 5.82. The first-order chi connectivity index (χ1) is 17.4. The minimum Gasteiger partial charge on any atom is -0.496 e. The Balaban J connectivity index is 2.13. The average Bonchev–Trinajstić information content (AvgIpc) is 3.18. The third kappa shape index (κ3) is 6.27. The van der Waals surface area contributed by atoms with Crippen LogP contribution < -0.4 is 10.1 Å². The van der Waals surface area contributed by atoms with E-state index >= 15 is 0 Å². The van der Waals surface area contributed by atoms with E-state index in [-0.39, 0.29) is 12.1 Å². The Hall–Kier alpha value is -3.06. The van der Waals surface area contributed by atoms with Crippen LogP contribution in [0.2, 0.25) is 0 Å². The van der Waals surface area contributed by atoms with Crippen LogP contribution in [-0.2, 0) is 16.1 Å². The maximum absolute atomic E-state index is 13.5. The molecule has 7 heteroatoms. The van der Waals surface area contributed by atoms with Crippen molar-refractivity contribution in [1.82, 2.24) is 10.2 Å². The molecule has 0 radical (unpaired) electrons. The van der Waals surface area contributed by atoms with E-state index in [1.807, 2.05) is 57.2 Å². The van der Waals surface area contributed by atoms with E-state index in [0.29, 0.717) is 12.5 Å². The maximum Gasteiger partial charge on any atom is 0.411 e. The fourth-order valence-corrected chi connectivity index (χ4v) is 5.47. The van der Waals surface area contributed by atoms with Crippen molar-refractivity contribution in [2.24, 2.45) is 11.3 Å². The van der Waals surface area contributed by atoms with Crippen molar-refractivity contribution in [3.05, 3.63) is 65.2 Å². The van der Waals surface area contributed by atoms with Crippen LogP contribution in [0.1, 0.15) is 77.1 Å². The normalized spacial score (nSPS) is 21.9. The number of amides is 1. The molecule has 0 spiro atoms. The summed E-state index contributed by atoms with van der Waals surface area (Å²) in [6.07, 6.45) is -0.990. The van der Waals surface area contributed by atoms with Gasteiger partial charge >= 0.3 is 12.1 Å². The number of carbonyl (C=O) groups is 2. The average molecular weight is 511 g/mol. The molecule has 0 unspecified atom stereocenters. The largest absolute Gasteiger partial charge is 0.496 e. The Kier molecular flexibility index (Phi) is 8.90. The van der Waals surface area contributed by atoms with Crippen molar-refractivity contribution in [1.29, 1.82) is 0 Å². The van der Waals surface area contributed by atoms with Crippen LogP contribution >= 0.6 is 0 Å². The van der Waals surface area contributed by atoms with Crippen LogP contribution in [-0.4, -0.2) is 47.4 Å². The SMILES string of the molecule is COc1ccc(C(C)C)cc1CN[C@@H]1[C@@H](C(C)(C)C)[C@H](C(=O)O)N(C(=O)OC(C)C)[C@@H]1c1ccccc1. The molecule has 202 valence electrons. The molecule has 1 aliphatic rings. The predicted molar refractivity (Wildman–Crippen MR) is 145 cm³/mol. The number of methoxy groups -OCH3 is 1. The third-order valence-electron chi connectivity index (χ3n) is 7.11. The molecule has 0 bridgehead atoms. The molecule has 1 saturated heterocycles. The summed E-state index contributed by atoms with van der Waals surface area (Å²) < 4.78 is 11.2. The van der Waals surface area contributed by atoms with Crippen LogP contribution in [0.4, 0.5) is 4.79 Å². The van der Waals surface area contributed by atoms with E-state index in [1.54, 1.807) is 21.0 Å². The van der Waals surface area contributed by atoms with Gasteiger partial charge in [0.25, 0.3) is 0 Å². The van der Waals surface area contributed by atoms with Crippen LogP contribution in [0.3, 0.4) is 0 Å². The number of likely N-dealkylation sites (tertiary alicyclic amines) is 1. The van der Waals surface area contributed by atoms with Gasteiger partial charge in [-0.05, 0) is 42.4 Å². The molecule has 2 aromatic carbocycles. The molecule has 2 aromatic rings. The summed E-state index contributed by atoms with van der Waals surface area (Å²) in [5, 5.41) is 14.1. The number of nitrogens with one attached hydrogen (secondary N) is 1. The molecule has 1 fully saturated rings. The Labute approximate surface area is 221 Å². The molecule has 0 aromatic heterocycles. The summed E-state index contributed by atoms with van der Waals surface area (Å²) in [6.45, 7) is 14.4. The van der Waals surface area contributed by atoms with Crippen LogP contribution in [0.5, 0.6) is 5.75 Å². The van der Waals surface area contributed by atoms with Gasteiger partial charge in [0.15, 0.2) is 0 Å². The standard InChI is InChI=1S/C30H42N2O5/c1-18(2)21-14-15-23(36-8)22(16-21)17-31-25-24(30(5,6)7)27(28(33)34)32(29(35)37-19(3)4)26(25)20-12-10-9-11-13-20/h9-16,18-19,24-27,31H,17H2,1-8H3,(H,33,34)/t24-,25-,26-,27-/m1/s1. The highest BCUT2D eigenvalue weighted by Gasteiger charge is 2.58. The summed E-state index contributed by atoms with van der Waals surface area (Å²) in [5.41, 5.74) is 2.62. The number of hydrogen-bond donors (Lipinski definition) is 2. The minimum atomic E-state index is -1.06. The number of rotatable bonds is 8. The molecule has 37 heavy (non-hydrogen) atoms. The number of benzene rings is 2. The Morgan fingerprint density at radius 2 is 1.70 bits per heavy atom. The number of nitrogens with zero attached hydrogens (tertiary/aromatic N) is 1. The van der Waals surface area contributed by atoms with Crippen LogP contribution in [0.15, 0.2) is 48.5 Å². The van der Waals surface area contributed by atoms with Crippen LogP contribution in [0.25, 0.3) is 0 Å². The Morgan fingerprint density at radius 1 is 1.05 bits per heavy atom. The van der Waals surface area contributed by atoms with Crippen molar-refractivity contribution in [2.75, 3.05) is 7.11 Å². The fraction of sp³-hybridized carbons (Fsp3) is 0.533. The Morgan fingerprint density at radius 3 is 2.22 bits per heavy atom. The van der Waals surface area contributed by atoms with Gasteiger partial charge in [-0.3, -0.25) is 4.90 Å². The first-order valence-corrected chi connectivity index (χ1v) is 13.0. The van der Waals surface area contributed by atoms with Crippen molar-refractivity contribution in [3.63, 3.8) is 0 Å². The number of carboxylic acids is 1. The number of ether oxygens (including phenoxy) is 2. The van der Waals surface area contributed by atoms with Gasteiger partial charge in [-0.1, -0.05) is 77.1 Å². The fourth-order valence-electron chi connectivity index (χ4n) is 5.47. The van der Waals surface area contributed by atoms with E-state index in [1.165, 1.54) is 10.5 Å². The van der Waals surface area contributed by atoms with E-state index < -0.39 is 35.5 Å². The first kappa shape index (κ1) is 28.5. The van der Waals surface area contributed by atoms with Gasteiger partial charge in [-0.25, -0.2) is 9.59 Å². The van der Waals surface area contributed by atoms with E-state index in [0.717, 1.165) is 16.9 Å². The monoisotopic (exact) mass is 510 g/mol. The quantitative estimate of drug-likeness (QED) is 0.453. The first-order valence-electron chi connectivity index (χ1n) is 13.0. The highest BCUT2D eigenvalue weighted by atomic mass is 16.6. The van der Waals surface area contributed by atoms with Gasteiger partial charge in [0, 0.05) is 24.1 Å². The van der Waals surface area contributed by atoms with Gasteiger partial charge in [-0.2, -0.15) is 0 Å². The summed E-state index contributed by atoms with van der Waals surface area (Å²) in [4.78, 5) is 27.7. The summed E-state index contributed by atoms with van der Waals surface area (Å²) in [7, 11) is 1.65. The number of hydrogen-bond acceptors (Lipinski definition) is 5. The number of carbonyl (C=O) groups excluding carboxylic acids is 1. The molecule has 4 atom stereocenters. The second-order valence-electron chi connectivity index (χ2n) is 11.5. The van der Waals surface area contributed by atoms with Crippen molar-refractivity contribution in [2.45, 2.75) is 85.2 Å². The lowest BCUT2D eigenvalue weighted by molar-refractivity contribution is -0.144. The van der Waals surface area contributed by atoms with Crippen LogP contribution in [0, 0.1) is 11.3 Å². The molecule has 1 aliphatic heterocycles. The van der Waals surface area contributed by atoms with Crippen molar-refractivity contribution >= 4 is 12.1 Å². The molecular weight excluding hydrogens is 468 g/mol. The summed E-state index contributed by atoms with van der Waals surface area (Å²) in [6, 6.07) is 13.9. The third-order valence-corrected chi connectivity index (χ3v) is 7.11. The second-order valence-corrected chi connectivity index (χ2v) is 11.5. The lowest BCUT2D eigenvalue weighted by atomic mass is 9.72. The van der Waals surface area contributed by atoms with Gasteiger partial charge in [0.05, 0.1) is 19.3 Å². The zero-order valence-corrected chi connectivity index (χ0v) is 23.3. The molecule has 1 amide bonds. The molecule has 3 rings (SSSR count). The lowest BCUT2D eigenvalue weighted by Crippen LogP contribution is -2.48. The van der Waals surface area contributed by atoms with E-state index in [2.05, 4.69) is 31.3 Å². The second kappa shape index (κ2) is 11.5. The van der Waals surface area contributed by atoms with Gasteiger partial charge in [0.2, 0.25) is 0 Å². The number of aliphatic carboxylic acids is 1. The van der Waals surface area contributed by atoms with Gasteiger partial charge < -0.3 is 19.9 Å². The summed E-state index contributed by atoms with van der Waals surface area (Å²) >= 11 is 0. The highest BCUT2D eigenvalue weighted by Crippen LogP contribution is 2.48. The molecule has 0 aliphatic carbocycles. The lowest BCUT2D eigenvalue weighted by Gasteiger charge is -2.35. The number of carboxylic acid groups (broad SMARTS) is 1. The molecular formula is C30H42N2O5. The maximum atomic E-state index is 13.5. The zero-order chi connectivity index (χ0) is 27.5. The van der Waals surface area contributed by atoms with E-state index in [9.17, 15) is 14.7 Å². The van der Waals surface area contributed by atoms with E-state index in [4.69, 9.17) is 9.47 Å². The van der Waals surface area contributed by atoms with Gasteiger partial charge in [0.1, 0.15) is 11.8 Å².